The predicted molar refractivity (Wildman–Crippen MR) is 114 cm³/mol. The Balaban J connectivity index is 1.93. The monoisotopic (exact) mass is 362 g/mol. The molecule has 0 heterocycles. The molecular formula is C26H12F2. The second-order valence-electron chi connectivity index (χ2n) is 7.55. The highest BCUT2D eigenvalue weighted by molar-refractivity contribution is 6.37. The van der Waals surface area contributed by atoms with Crippen LogP contribution < -0.4 is 0 Å². The summed E-state index contributed by atoms with van der Waals surface area (Å²) in [7, 11) is 0. The summed E-state index contributed by atoms with van der Waals surface area (Å²) in [6.07, 6.45) is 0. The molecule has 7 aromatic carbocycles. The maximum Gasteiger partial charge on any atom is 0.140 e. The van der Waals surface area contributed by atoms with Crippen molar-refractivity contribution in [2.24, 2.45) is 0 Å². The van der Waals surface area contributed by atoms with E-state index in [1.165, 1.54) is 0 Å². The van der Waals surface area contributed by atoms with Gasteiger partial charge in [0, 0.05) is 21.5 Å². The maximum absolute atomic E-state index is 16.1. The van der Waals surface area contributed by atoms with Gasteiger partial charge in [-0.25, -0.2) is 8.78 Å². The van der Waals surface area contributed by atoms with Gasteiger partial charge in [0.05, 0.1) is 0 Å². The van der Waals surface area contributed by atoms with Crippen LogP contribution in [-0.2, 0) is 0 Å². The van der Waals surface area contributed by atoms with E-state index in [0.717, 1.165) is 43.1 Å². The van der Waals surface area contributed by atoms with Gasteiger partial charge in [-0.15, -0.1) is 0 Å². The highest BCUT2D eigenvalue weighted by Crippen LogP contribution is 2.48. The lowest BCUT2D eigenvalue weighted by atomic mass is 10.0. The molecule has 7 aromatic rings. The van der Waals surface area contributed by atoms with E-state index in [4.69, 9.17) is 0 Å². The summed E-state index contributed by atoms with van der Waals surface area (Å²) in [5, 5.41) is 8.61. The Hall–Kier alpha value is -3.52. The molecule has 0 aliphatic rings. The van der Waals surface area contributed by atoms with Crippen LogP contribution in [-0.4, -0.2) is 0 Å². The average Bonchev–Trinajstić information content (AvgIpc) is 3.24. The van der Waals surface area contributed by atoms with E-state index >= 15 is 8.78 Å². The van der Waals surface area contributed by atoms with Crippen molar-refractivity contribution in [2.45, 2.75) is 0 Å². The SMILES string of the molecule is Fc1c2c3cccc4cccc(c2c(F)c2c5cccc6cccc(c12)c65)c43. The van der Waals surface area contributed by atoms with Gasteiger partial charge in [0.25, 0.3) is 0 Å². The summed E-state index contributed by atoms with van der Waals surface area (Å²) >= 11 is 0. The fourth-order valence-electron chi connectivity index (χ4n) is 5.22. The molecule has 0 aliphatic carbocycles. The molecule has 0 unspecified atom stereocenters. The lowest BCUT2D eigenvalue weighted by Gasteiger charge is -2.03. The zero-order valence-electron chi connectivity index (χ0n) is 14.7. The molecule has 0 radical (unpaired) electrons. The van der Waals surface area contributed by atoms with Crippen LogP contribution in [0.2, 0.25) is 0 Å². The van der Waals surface area contributed by atoms with E-state index in [1.807, 2.05) is 72.8 Å². The number of benzene rings is 5. The van der Waals surface area contributed by atoms with E-state index in [2.05, 4.69) is 0 Å². The van der Waals surface area contributed by atoms with E-state index in [-0.39, 0.29) is 11.6 Å². The lowest BCUT2D eigenvalue weighted by Crippen LogP contribution is -1.85. The molecule has 2 heteroatoms. The Morgan fingerprint density at radius 2 is 0.643 bits per heavy atom. The fraction of sp³-hybridized carbons (Fsp3) is 0. The van der Waals surface area contributed by atoms with Gasteiger partial charge in [-0.1, -0.05) is 72.8 Å². The molecule has 0 spiro atoms. The van der Waals surface area contributed by atoms with Gasteiger partial charge < -0.3 is 0 Å². The second-order valence-corrected chi connectivity index (χ2v) is 7.55. The van der Waals surface area contributed by atoms with Gasteiger partial charge in [-0.3, -0.25) is 0 Å². The molecule has 0 nitrogen and oxygen atoms in total. The molecule has 0 N–H and O–H groups in total. The van der Waals surface area contributed by atoms with Crippen molar-refractivity contribution in [2.75, 3.05) is 0 Å². The number of hydrogen-bond acceptors (Lipinski definition) is 0. The van der Waals surface area contributed by atoms with E-state index in [9.17, 15) is 0 Å². The average molecular weight is 362 g/mol. The minimum atomic E-state index is -0.321. The molecule has 28 heavy (non-hydrogen) atoms. The molecule has 0 atom stereocenters. The first-order valence-corrected chi connectivity index (χ1v) is 9.35. The van der Waals surface area contributed by atoms with Gasteiger partial charge in [0.15, 0.2) is 0 Å². The summed E-state index contributed by atoms with van der Waals surface area (Å²) < 4.78 is 32.1. The summed E-state index contributed by atoms with van der Waals surface area (Å²) in [4.78, 5) is 0. The molecule has 0 saturated heterocycles. The highest BCUT2D eigenvalue weighted by Gasteiger charge is 2.25. The Morgan fingerprint density at radius 3 is 0.929 bits per heavy atom. The van der Waals surface area contributed by atoms with Crippen LogP contribution in [0.3, 0.4) is 0 Å². The minimum absolute atomic E-state index is 0.321. The predicted octanol–water partition coefficient (Wildman–Crippen LogP) is 7.76. The topological polar surface area (TPSA) is 0 Å². The zero-order valence-corrected chi connectivity index (χ0v) is 14.7. The van der Waals surface area contributed by atoms with Crippen molar-refractivity contribution in [1.29, 1.82) is 0 Å². The van der Waals surface area contributed by atoms with Crippen molar-refractivity contribution < 1.29 is 8.78 Å². The van der Waals surface area contributed by atoms with Crippen molar-refractivity contribution in [1.82, 2.24) is 0 Å². The van der Waals surface area contributed by atoms with Gasteiger partial charge >= 0.3 is 0 Å². The molecule has 7 rings (SSSR count). The molecule has 0 aliphatic heterocycles. The van der Waals surface area contributed by atoms with Crippen LogP contribution in [0.1, 0.15) is 0 Å². The normalized spacial score (nSPS) is 12.6. The van der Waals surface area contributed by atoms with Crippen molar-refractivity contribution in [3.05, 3.63) is 84.4 Å². The van der Waals surface area contributed by atoms with Crippen LogP contribution in [0.15, 0.2) is 72.8 Å². The van der Waals surface area contributed by atoms with E-state index in [1.54, 1.807) is 0 Å². The summed E-state index contributed by atoms with van der Waals surface area (Å²) in [6, 6.07) is 23.2. The zero-order chi connectivity index (χ0) is 18.6. The molecular weight excluding hydrogens is 350 g/mol. The lowest BCUT2D eigenvalue weighted by molar-refractivity contribution is 0.637. The van der Waals surface area contributed by atoms with Gasteiger partial charge in [-0.05, 0) is 43.1 Å². The van der Waals surface area contributed by atoms with Crippen LogP contribution in [0.25, 0.3) is 64.6 Å². The molecule has 0 aromatic heterocycles. The van der Waals surface area contributed by atoms with Crippen molar-refractivity contribution in [3.63, 3.8) is 0 Å². The molecule has 0 fully saturated rings. The third-order valence-electron chi connectivity index (χ3n) is 6.26. The Kier molecular flexibility index (Phi) is 2.42. The van der Waals surface area contributed by atoms with Crippen LogP contribution in [0, 0.1) is 11.6 Å². The van der Waals surface area contributed by atoms with E-state index in [0.29, 0.717) is 21.5 Å². The Morgan fingerprint density at radius 1 is 0.357 bits per heavy atom. The first-order chi connectivity index (χ1) is 13.8. The summed E-state index contributed by atoms with van der Waals surface area (Å²) in [5.74, 6) is -0.641. The Bertz CT molecular complexity index is 1480. The minimum Gasteiger partial charge on any atom is -0.206 e. The quantitative estimate of drug-likeness (QED) is 0.259. The number of fused-ring (bicyclic) bond motifs is 6. The molecule has 130 valence electrons. The summed E-state index contributed by atoms with van der Waals surface area (Å²) in [5.41, 5.74) is 0. The van der Waals surface area contributed by atoms with Crippen molar-refractivity contribution >= 4 is 64.6 Å². The van der Waals surface area contributed by atoms with Gasteiger partial charge in [-0.2, -0.15) is 0 Å². The molecule has 0 bridgehead atoms. The Labute approximate surface area is 158 Å². The number of halogens is 2. The van der Waals surface area contributed by atoms with Crippen LogP contribution in [0.5, 0.6) is 0 Å². The van der Waals surface area contributed by atoms with Gasteiger partial charge in [0.2, 0.25) is 0 Å². The first kappa shape index (κ1) is 14.5. The maximum atomic E-state index is 16.1. The highest BCUT2D eigenvalue weighted by atomic mass is 19.1. The van der Waals surface area contributed by atoms with Crippen LogP contribution >= 0.6 is 0 Å². The fourth-order valence-corrected chi connectivity index (χ4v) is 5.22. The van der Waals surface area contributed by atoms with Gasteiger partial charge in [0.1, 0.15) is 11.6 Å². The van der Waals surface area contributed by atoms with Crippen LogP contribution in [0.4, 0.5) is 8.78 Å². The third-order valence-corrected chi connectivity index (χ3v) is 6.26. The molecule has 0 saturated carbocycles. The molecule has 0 amide bonds. The largest absolute Gasteiger partial charge is 0.206 e. The summed E-state index contributed by atoms with van der Waals surface area (Å²) in [6.45, 7) is 0. The van der Waals surface area contributed by atoms with E-state index < -0.39 is 0 Å². The number of hydrogen-bond donors (Lipinski definition) is 0. The number of rotatable bonds is 0. The first-order valence-electron chi connectivity index (χ1n) is 9.35. The standard InChI is InChI=1S/C26H12F2/c27-25-21-15-9-1-5-13-6-2-10-16(19(13)15)22(21)26(28)24-18-12-4-8-14-7-3-11-17(20(14)18)23(24)25/h1-12H. The van der Waals surface area contributed by atoms with Crippen molar-refractivity contribution in [3.8, 4) is 0 Å². The second kappa shape index (κ2) is 4.66. The smallest absolute Gasteiger partial charge is 0.140 e. The third kappa shape index (κ3) is 1.45.